The summed E-state index contributed by atoms with van der Waals surface area (Å²) < 4.78 is 0. The standard InChI is InChI=1S/C16H15ClO/c17-15-10-4-6-13(12-15)7-5-11-16(18)14-8-2-1-3-9-14/h1-4,6,8-10,12H,5,7,11H2. The Balaban J connectivity index is 1.84. The summed E-state index contributed by atoms with van der Waals surface area (Å²) in [5, 5.41) is 0.752. The van der Waals surface area contributed by atoms with E-state index in [0.717, 1.165) is 23.4 Å². The number of benzene rings is 2. The third kappa shape index (κ3) is 3.71. The molecule has 2 heteroatoms. The highest BCUT2D eigenvalue weighted by Gasteiger charge is 2.04. The maximum absolute atomic E-state index is 11.9. The van der Waals surface area contributed by atoms with Crippen LogP contribution in [0.1, 0.15) is 28.8 Å². The van der Waals surface area contributed by atoms with E-state index in [-0.39, 0.29) is 5.78 Å². The molecule has 0 radical (unpaired) electrons. The van der Waals surface area contributed by atoms with Gasteiger partial charge in [0.1, 0.15) is 0 Å². The van der Waals surface area contributed by atoms with Crippen LogP contribution in [0, 0.1) is 0 Å². The van der Waals surface area contributed by atoms with Gasteiger partial charge in [0.2, 0.25) is 0 Å². The molecule has 92 valence electrons. The molecule has 0 saturated heterocycles. The van der Waals surface area contributed by atoms with Crippen LogP contribution in [0.25, 0.3) is 0 Å². The lowest BCUT2D eigenvalue weighted by molar-refractivity contribution is 0.0980. The van der Waals surface area contributed by atoms with Crippen molar-refractivity contribution in [3.63, 3.8) is 0 Å². The topological polar surface area (TPSA) is 17.1 Å². The molecule has 0 aliphatic carbocycles. The highest BCUT2D eigenvalue weighted by molar-refractivity contribution is 6.30. The SMILES string of the molecule is O=C(CCCc1cccc(Cl)c1)c1ccccc1. The Labute approximate surface area is 112 Å². The van der Waals surface area contributed by atoms with Gasteiger partial charge in [-0.15, -0.1) is 0 Å². The van der Waals surface area contributed by atoms with E-state index in [0.29, 0.717) is 6.42 Å². The summed E-state index contributed by atoms with van der Waals surface area (Å²) in [4.78, 5) is 11.9. The zero-order chi connectivity index (χ0) is 12.8. The van der Waals surface area contributed by atoms with E-state index in [1.54, 1.807) is 0 Å². The summed E-state index contributed by atoms with van der Waals surface area (Å²) in [6.07, 6.45) is 2.32. The Morgan fingerprint density at radius 1 is 1.00 bits per heavy atom. The van der Waals surface area contributed by atoms with Crippen LogP contribution in [0.3, 0.4) is 0 Å². The summed E-state index contributed by atoms with van der Waals surface area (Å²) in [6, 6.07) is 17.2. The van der Waals surface area contributed by atoms with Crippen LogP contribution >= 0.6 is 11.6 Å². The summed E-state index contributed by atoms with van der Waals surface area (Å²) in [5.41, 5.74) is 1.98. The summed E-state index contributed by atoms with van der Waals surface area (Å²) >= 11 is 5.92. The minimum Gasteiger partial charge on any atom is -0.294 e. The summed E-state index contributed by atoms with van der Waals surface area (Å²) in [6.45, 7) is 0. The predicted molar refractivity (Wildman–Crippen MR) is 75.2 cm³/mol. The van der Waals surface area contributed by atoms with Gasteiger partial charge in [0.15, 0.2) is 5.78 Å². The normalized spacial score (nSPS) is 10.3. The summed E-state index contributed by atoms with van der Waals surface area (Å²) in [7, 11) is 0. The van der Waals surface area contributed by atoms with Gasteiger partial charge in [-0.2, -0.15) is 0 Å². The molecular weight excluding hydrogens is 244 g/mol. The largest absolute Gasteiger partial charge is 0.294 e. The van der Waals surface area contributed by atoms with Gasteiger partial charge < -0.3 is 0 Å². The van der Waals surface area contributed by atoms with Crippen LogP contribution in [0.15, 0.2) is 54.6 Å². The van der Waals surface area contributed by atoms with E-state index in [9.17, 15) is 4.79 Å². The molecule has 0 heterocycles. The van der Waals surface area contributed by atoms with Gasteiger partial charge in [0, 0.05) is 17.0 Å². The van der Waals surface area contributed by atoms with Crippen molar-refractivity contribution in [1.29, 1.82) is 0 Å². The molecule has 0 saturated carbocycles. The lowest BCUT2D eigenvalue weighted by atomic mass is 10.0. The molecular formula is C16H15ClO. The second kappa shape index (κ2) is 6.36. The number of halogens is 1. The average molecular weight is 259 g/mol. The third-order valence-corrected chi connectivity index (χ3v) is 3.09. The molecule has 0 aromatic heterocycles. The first-order valence-corrected chi connectivity index (χ1v) is 6.46. The lowest BCUT2D eigenvalue weighted by Gasteiger charge is -2.02. The molecule has 0 atom stereocenters. The van der Waals surface area contributed by atoms with Crippen LogP contribution in [0.2, 0.25) is 5.02 Å². The molecule has 2 aromatic carbocycles. The van der Waals surface area contributed by atoms with Crippen LogP contribution < -0.4 is 0 Å². The van der Waals surface area contributed by atoms with Crippen LogP contribution in [-0.4, -0.2) is 5.78 Å². The quantitative estimate of drug-likeness (QED) is 0.720. The molecule has 0 fully saturated rings. The van der Waals surface area contributed by atoms with Crippen molar-refractivity contribution in [2.75, 3.05) is 0 Å². The van der Waals surface area contributed by atoms with E-state index >= 15 is 0 Å². The van der Waals surface area contributed by atoms with Gasteiger partial charge in [0.25, 0.3) is 0 Å². The van der Waals surface area contributed by atoms with Crippen molar-refractivity contribution in [2.45, 2.75) is 19.3 Å². The Morgan fingerprint density at radius 2 is 1.78 bits per heavy atom. The van der Waals surface area contributed by atoms with Gasteiger partial charge in [0.05, 0.1) is 0 Å². The molecule has 0 aliphatic rings. The minimum atomic E-state index is 0.206. The van der Waals surface area contributed by atoms with Gasteiger partial charge in [-0.1, -0.05) is 54.1 Å². The van der Waals surface area contributed by atoms with E-state index in [2.05, 4.69) is 0 Å². The first-order valence-electron chi connectivity index (χ1n) is 6.08. The van der Waals surface area contributed by atoms with Crippen LogP contribution in [0.4, 0.5) is 0 Å². The average Bonchev–Trinajstić information content (AvgIpc) is 2.40. The molecule has 0 bridgehead atoms. The van der Waals surface area contributed by atoms with Crippen molar-refractivity contribution >= 4 is 17.4 Å². The molecule has 0 spiro atoms. The number of carbonyl (C=O) groups is 1. The van der Waals surface area contributed by atoms with E-state index in [1.165, 1.54) is 5.56 Å². The van der Waals surface area contributed by atoms with E-state index < -0.39 is 0 Å². The number of hydrogen-bond acceptors (Lipinski definition) is 1. The fourth-order valence-electron chi connectivity index (χ4n) is 1.91. The molecule has 18 heavy (non-hydrogen) atoms. The Kier molecular flexibility index (Phi) is 4.54. The molecule has 1 nitrogen and oxygen atoms in total. The Hall–Kier alpha value is -1.60. The summed E-state index contributed by atoms with van der Waals surface area (Å²) in [5.74, 6) is 0.206. The molecule has 0 N–H and O–H groups in total. The van der Waals surface area contributed by atoms with E-state index in [4.69, 9.17) is 11.6 Å². The maximum Gasteiger partial charge on any atom is 0.162 e. The Morgan fingerprint density at radius 3 is 2.50 bits per heavy atom. The van der Waals surface area contributed by atoms with Crippen molar-refractivity contribution < 1.29 is 4.79 Å². The fourth-order valence-corrected chi connectivity index (χ4v) is 2.13. The number of Topliss-reactive ketones (excluding diaryl/α,β-unsaturated/α-hetero) is 1. The number of aryl methyl sites for hydroxylation is 1. The zero-order valence-corrected chi connectivity index (χ0v) is 10.9. The van der Waals surface area contributed by atoms with Crippen molar-refractivity contribution in [1.82, 2.24) is 0 Å². The molecule has 0 amide bonds. The first-order chi connectivity index (χ1) is 8.75. The highest BCUT2D eigenvalue weighted by atomic mass is 35.5. The first kappa shape index (κ1) is 12.8. The number of hydrogen-bond donors (Lipinski definition) is 0. The molecule has 0 aliphatic heterocycles. The highest BCUT2D eigenvalue weighted by Crippen LogP contribution is 2.14. The minimum absolute atomic E-state index is 0.206. The van der Waals surface area contributed by atoms with Gasteiger partial charge in [-0.05, 0) is 30.5 Å². The molecule has 2 rings (SSSR count). The van der Waals surface area contributed by atoms with Crippen molar-refractivity contribution in [2.24, 2.45) is 0 Å². The number of ketones is 1. The van der Waals surface area contributed by atoms with Gasteiger partial charge in [-0.3, -0.25) is 4.79 Å². The molecule has 0 unspecified atom stereocenters. The van der Waals surface area contributed by atoms with Gasteiger partial charge in [-0.25, -0.2) is 0 Å². The van der Waals surface area contributed by atoms with Crippen molar-refractivity contribution in [3.8, 4) is 0 Å². The molecule has 2 aromatic rings. The second-order valence-corrected chi connectivity index (χ2v) is 4.71. The van der Waals surface area contributed by atoms with Crippen LogP contribution in [0.5, 0.6) is 0 Å². The van der Waals surface area contributed by atoms with Gasteiger partial charge >= 0.3 is 0 Å². The third-order valence-electron chi connectivity index (χ3n) is 2.85. The van der Waals surface area contributed by atoms with Crippen molar-refractivity contribution in [3.05, 3.63) is 70.7 Å². The van der Waals surface area contributed by atoms with E-state index in [1.807, 2.05) is 54.6 Å². The Bertz CT molecular complexity index is 520. The number of rotatable bonds is 5. The zero-order valence-electron chi connectivity index (χ0n) is 10.1. The predicted octanol–water partition coefficient (Wildman–Crippen LogP) is 4.55. The maximum atomic E-state index is 11.9. The smallest absolute Gasteiger partial charge is 0.162 e. The lowest BCUT2D eigenvalue weighted by Crippen LogP contribution is -1.99. The monoisotopic (exact) mass is 258 g/mol. The van der Waals surface area contributed by atoms with Crippen LogP contribution in [-0.2, 0) is 6.42 Å². The second-order valence-electron chi connectivity index (χ2n) is 4.27. The number of carbonyl (C=O) groups excluding carboxylic acids is 1. The fraction of sp³-hybridized carbons (Fsp3) is 0.188.